The van der Waals surface area contributed by atoms with Crippen LogP contribution in [0.25, 0.3) is 5.82 Å². The Balaban J connectivity index is 1.90. The molecule has 100 valence electrons. The predicted molar refractivity (Wildman–Crippen MR) is 75.6 cm³/mol. The second-order valence-electron chi connectivity index (χ2n) is 5.37. The molecule has 1 atom stereocenters. The van der Waals surface area contributed by atoms with Crippen LogP contribution in [0.4, 0.5) is 0 Å². The Hall–Kier alpha value is -1.68. The maximum Gasteiger partial charge on any atom is 0.138 e. The smallest absolute Gasteiger partial charge is 0.138 e. The lowest BCUT2D eigenvalue weighted by Crippen LogP contribution is -2.31. The SMILES string of the molecule is Cc1nccn1-c1cccc([C@H]2CCCN(C)C2)n1. The van der Waals surface area contributed by atoms with Crippen LogP contribution in [0.2, 0.25) is 0 Å². The number of piperidine rings is 1. The van der Waals surface area contributed by atoms with Crippen molar-refractivity contribution >= 4 is 0 Å². The first-order valence-corrected chi connectivity index (χ1v) is 6.90. The van der Waals surface area contributed by atoms with Crippen LogP contribution in [0.1, 0.15) is 30.3 Å². The first-order chi connectivity index (χ1) is 9.24. The van der Waals surface area contributed by atoms with Crippen LogP contribution in [0, 0.1) is 6.92 Å². The number of pyridine rings is 1. The molecule has 0 saturated carbocycles. The summed E-state index contributed by atoms with van der Waals surface area (Å²) in [4.78, 5) is 11.5. The number of aryl methyl sites for hydroxylation is 1. The zero-order valence-electron chi connectivity index (χ0n) is 11.6. The Kier molecular flexibility index (Phi) is 3.34. The van der Waals surface area contributed by atoms with Gasteiger partial charge in [-0.15, -0.1) is 0 Å². The highest BCUT2D eigenvalue weighted by Gasteiger charge is 2.20. The van der Waals surface area contributed by atoms with Crippen LogP contribution >= 0.6 is 0 Å². The van der Waals surface area contributed by atoms with E-state index in [0.717, 1.165) is 18.2 Å². The molecule has 19 heavy (non-hydrogen) atoms. The molecule has 1 aliphatic heterocycles. The minimum absolute atomic E-state index is 0.558. The summed E-state index contributed by atoms with van der Waals surface area (Å²) in [7, 11) is 2.19. The third-order valence-electron chi connectivity index (χ3n) is 3.87. The summed E-state index contributed by atoms with van der Waals surface area (Å²) in [5.74, 6) is 2.51. The summed E-state index contributed by atoms with van der Waals surface area (Å²) < 4.78 is 2.04. The van der Waals surface area contributed by atoms with E-state index in [1.54, 1.807) is 0 Å². The molecular formula is C15H20N4. The Bertz CT molecular complexity index is 561. The fraction of sp³-hybridized carbons (Fsp3) is 0.467. The van der Waals surface area contributed by atoms with Crippen molar-refractivity contribution in [2.24, 2.45) is 0 Å². The van der Waals surface area contributed by atoms with Crippen molar-refractivity contribution in [1.82, 2.24) is 19.4 Å². The lowest BCUT2D eigenvalue weighted by Gasteiger charge is -2.29. The fourth-order valence-electron chi connectivity index (χ4n) is 2.83. The topological polar surface area (TPSA) is 34.0 Å². The van der Waals surface area contributed by atoms with E-state index in [0.29, 0.717) is 5.92 Å². The monoisotopic (exact) mass is 256 g/mol. The predicted octanol–water partition coefficient (Wildman–Crippen LogP) is 2.38. The van der Waals surface area contributed by atoms with E-state index in [1.807, 2.05) is 30.0 Å². The lowest BCUT2D eigenvalue weighted by atomic mass is 9.95. The average Bonchev–Trinajstić information content (AvgIpc) is 2.85. The van der Waals surface area contributed by atoms with Crippen LogP contribution in [-0.2, 0) is 0 Å². The summed E-state index contributed by atoms with van der Waals surface area (Å²) in [6, 6.07) is 6.30. The second kappa shape index (κ2) is 5.13. The minimum Gasteiger partial charge on any atom is -0.306 e. The largest absolute Gasteiger partial charge is 0.306 e. The normalized spacial score (nSPS) is 20.6. The molecular weight excluding hydrogens is 236 g/mol. The van der Waals surface area contributed by atoms with Crippen molar-refractivity contribution in [2.75, 3.05) is 20.1 Å². The molecule has 0 radical (unpaired) electrons. The Morgan fingerprint density at radius 2 is 2.21 bits per heavy atom. The molecule has 0 aliphatic carbocycles. The molecule has 2 aromatic rings. The van der Waals surface area contributed by atoms with Crippen LogP contribution in [0.5, 0.6) is 0 Å². The van der Waals surface area contributed by atoms with Gasteiger partial charge in [-0.3, -0.25) is 4.57 Å². The van der Waals surface area contributed by atoms with Crippen molar-refractivity contribution in [3.05, 3.63) is 42.1 Å². The van der Waals surface area contributed by atoms with Gasteiger partial charge < -0.3 is 4.90 Å². The summed E-state index contributed by atoms with van der Waals surface area (Å²) in [6.07, 6.45) is 6.29. The molecule has 4 heteroatoms. The maximum atomic E-state index is 4.83. The van der Waals surface area contributed by atoms with Gasteiger partial charge in [0, 0.05) is 30.6 Å². The summed E-state index contributed by atoms with van der Waals surface area (Å²) >= 11 is 0. The minimum atomic E-state index is 0.558. The van der Waals surface area contributed by atoms with Gasteiger partial charge in [-0.2, -0.15) is 0 Å². The van der Waals surface area contributed by atoms with Gasteiger partial charge in [-0.1, -0.05) is 6.07 Å². The third kappa shape index (κ3) is 2.54. The van der Waals surface area contributed by atoms with Crippen LogP contribution in [-0.4, -0.2) is 39.6 Å². The molecule has 0 amide bonds. The number of likely N-dealkylation sites (tertiary alicyclic amines) is 1. The maximum absolute atomic E-state index is 4.83. The molecule has 0 N–H and O–H groups in total. The number of rotatable bonds is 2. The standard InChI is InChI=1S/C15H20N4/c1-12-16-8-10-19(12)15-7-3-6-14(17-15)13-5-4-9-18(2)11-13/h3,6-8,10,13H,4-5,9,11H2,1-2H3/t13-/m0/s1. The van der Waals surface area contributed by atoms with E-state index in [2.05, 4.69) is 29.1 Å². The number of nitrogens with zero attached hydrogens (tertiary/aromatic N) is 4. The summed E-state index contributed by atoms with van der Waals surface area (Å²) in [6.45, 7) is 4.32. The van der Waals surface area contributed by atoms with E-state index >= 15 is 0 Å². The van der Waals surface area contributed by atoms with Gasteiger partial charge in [-0.25, -0.2) is 9.97 Å². The van der Waals surface area contributed by atoms with Gasteiger partial charge in [0.1, 0.15) is 11.6 Å². The van der Waals surface area contributed by atoms with Crippen molar-refractivity contribution in [3.8, 4) is 5.82 Å². The highest BCUT2D eigenvalue weighted by Crippen LogP contribution is 2.25. The number of aromatic nitrogens is 3. The fourth-order valence-corrected chi connectivity index (χ4v) is 2.83. The summed E-state index contributed by atoms with van der Waals surface area (Å²) in [5, 5.41) is 0. The molecule has 2 aromatic heterocycles. The molecule has 1 fully saturated rings. The Labute approximate surface area is 114 Å². The average molecular weight is 256 g/mol. The molecule has 0 spiro atoms. The van der Waals surface area contributed by atoms with Gasteiger partial charge >= 0.3 is 0 Å². The lowest BCUT2D eigenvalue weighted by molar-refractivity contribution is 0.248. The number of hydrogen-bond donors (Lipinski definition) is 0. The van der Waals surface area contributed by atoms with Gasteiger partial charge in [0.05, 0.1) is 0 Å². The molecule has 3 rings (SSSR count). The second-order valence-corrected chi connectivity index (χ2v) is 5.37. The zero-order valence-corrected chi connectivity index (χ0v) is 11.6. The van der Waals surface area contributed by atoms with E-state index in [4.69, 9.17) is 4.98 Å². The van der Waals surface area contributed by atoms with E-state index in [-0.39, 0.29) is 0 Å². The molecule has 0 unspecified atom stereocenters. The molecule has 1 aliphatic rings. The molecule has 1 saturated heterocycles. The van der Waals surface area contributed by atoms with Crippen LogP contribution in [0.15, 0.2) is 30.6 Å². The molecule has 4 nitrogen and oxygen atoms in total. The van der Waals surface area contributed by atoms with Crippen molar-refractivity contribution in [1.29, 1.82) is 0 Å². The number of imidazole rings is 1. The van der Waals surface area contributed by atoms with Crippen LogP contribution in [0.3, 0.4) is 0 Å². The molecule has 0 bridgehead atoms. The Morgan fingerprint density at radius 3 is 2.95 bits per heavy atom. The zero-order chi connectivity index (χ0) is 13.2. The molecule has 0 aromatic carbocycles. The Morgan fingerprint density at radius 1 is 1.32 bits per heavy atom. The number of likely N-dealkylation sites (N-methyl/N-ethyl adjacent to an activating group) is 1. The third-order valence-corrected chi connectivity index (χ3v) is 3.87. The van der Waals surface area contributed by atoms with E-state index in [9.17, 15) is 0 Å². The quantitative estimate of drug-likeness (QED) is 0.827. The highest BCUT2D eigenvalue weighted by molar-refractivity contribution is 5.28. The first kappa shape index (κ1) is 12.4. The highest BCUT2D eigenvalue weighted by atomic mass is 15.1. The van der Waals surface area contributed by atoms with Crippen molar-refractivity contribution in [3.63, 3.8) is 0 Å². The van der Waals surface area contributed by atoms with E-state index in [1.165, 1.54) is 25.1 Å². The summed E-state index contributed by atoms with van der Waals surface area (Å²) in [5.41, 5.74) is 1.21. The van der Waals surface area contributed by atoms with Gasteiger partial charge in [0.15, 0.2) is 0 Å². The van der Waals surface area contributed by atoms with Gasteiger partial charge in [0.2, 0.25) is 0 Å². The first-order valence-electron chi connectivity index (χ1n) is 6.90. The van der Waals surface area contributed by atoms with Gasteiger partial charge in [-0.05, 0) is 45.5 Å². The number of hydrogen-bond acceptors (Lipinski definition) is 3. The van der Waals surface area contributed by atoms with Gasteiger partial charge in [0.25, 0.3) is 0 Å². The molecule has 3 heterocycles. The van der Waals surface area contributed by atoms with Crippen LogP contribution < -0.4 is 0 Å². The van der Waals surface area contributed by atoms with E-state index < -0.39 is 0 Å². The van der Waals surface area contributed by atoms with Crippen molar-refractivity contribution in [2.45, 2.75) is 25.7 Å². The van der Waals surface area contributed by atoms with Crippen molar-refractivity contribution < 1.29 is 0 Å².